The maximum absolute atomic E-state index is 12.3. The van der Waals surface area contributed by atoms with Gasteiger partial charge in [-0.15, -0.1) is 0 Å². The number of benzene rings is 2. The lowest BCUT2D eigenvalue weighted by Gasteiger charge is -2.14. The Morgan fingerprint density at radius 1 is 1.08 bits per heavy atom. The van der Waals surface area contributed by atoms with Gasteiger partial charge in [0.2, 0.25) is 5.43 Å². The van der Waals surface area contributed by atoms with E-state index in [4.69, 9.17) is 9.47 Å². The number of aromatic carboxylic acids is 1. The van der Waals surface area contributed by atoms with Crippen LogP contribution >= 0.6 is 0 Å². The standard InChI is InChI=1S/C19H17NO5/c1-24-13-7-12(8-14(9-13)25-2)10-20-11-16(19(22)23)18(21)15-5-3-4-6-17(15)20/h3-9,11H,10H2,1-2H3,(H,22,23). The summed E-state index contributed by atoms with van der Waals surface area (Å²) in [7, 11) is 3.13. The molecule has 0 unspecified atom stereocenters. The molecule has 0 saturated carbocycles. The number of hydrogen-bond acceptors (Lipinski definition) is 4. The highest BCUT2D eigenvalue weighted by atomic mass is 16.5. The van der Waals surface area contributed by atoms with E-state index in [0.717, 1.165) is 5.56 Å². The van der Waals surface area contributed by atoms with Gasteiger partial charge in [0.15, 0.2) is 0 Å². The lowest BCUT2D eigenvalue weighted by atomic mass is 10.1. The van der Waals surface area contributed by atoms with Crippen molar-refractivity contribution in [2.75, 3.05) is 14.2 Å². The third-order valence-corrected chi connectivity index (χ3v) is 3.98. The van der Waals surface area contributed by atoms with Gasteiger partial charge >= 0.3 is 5.97 Å². The van der Waals surface area contributed by atoms with Crippen LogP contribution in [0.2, 0.25) is 0 Å². The van der Waals surface area contributed by atoms with Crippen molar-refractivity contribution < 1.29 is 19.4 Å². The SMILES string of the molecule is COc1cc(Cn2cc(C(=O)O)c(=O)c3ccccc32)cc(OC)c1. The molecule has 0 saturated heterocycles. The molecule has 25 heavy (non-hydrogen) atoms. The van der Waals surface area contributed by atoms with Gasteiger partial charge in [0.05, 0.1) is 19.7 Å². The van der Waals surface area contributed by atoms with E-state index >= 15 is 0 Å². The number of hydrogen-bond donors (Lipinski definition) is 1. The number of carbonyl (C=O) groups is 1. The second-order valence-corrected chi connectivity index (χ2v) is 5.54. The first-order valence-corrected chi connectivity index (χ1v) is 7.61. The number of carboxylic acid groups (broad SMARTS) is 1. The average molecular weight is 339 g/mol. The summed E-state index contributed by atoms with van der Waals surface area (Å²) in [4.78, 5) is 23.8. The number of fused-ring (bicyclic) bond motifs is 1. The topological polar surface area (TPSA) is 77.8 Å². The molecule has 1 heterocycles. The number of carboxylic acids is 1. The average Bonchev–Trinajstić information content (AvgIpc) is 2.63. The number of para-hydroxylation sites is 1. The summed E-state index contributed by atoms with van der Waals surface area (Å²) in [6.07, 6.45) is 1.37. The molecule has 6 nitrogen and oxygen atoms in total. The summed E-state index contributed by atoms with van der Waals surface area (Å²) in [5.41, 5.74) is 0.789. The summed E-state index contributed by atoms with van der Waals surface area (Å²) in [5, 5.41) is 9.70. The summed E-state index contributed by atoms with van der Waals surface area (Å²) in [5.74, 6) is 0.0315. The van der Waals surface area contributed by atoms with E-state index in [0.29, 0.717) is 28.9 Å². The number of ether oxygens (including phenoxy) is 2. The smallest absolute Gasteiger partial charge is 0.341 e. The lowest BCUT2D eigenvalue weighted by molar-refractivity contribution is 0.0695. The number of methoxy groups -OCH3 is 2. The van der Waals surface area contributed by atoms with Crippen molar-refractivity contribution in [1.82, 2.24) is 4.57 Å². The molecule has 2 aromatic carbocycles. The van der Waals surface area contributed by atoms with Crippen LogP contribution in [0.5, 0.6) is 11.5 Å². The molecule has 6 heteroatoms. The predicted molar refractivity (Wildman–Crippen MR) is 93.8 cm³/mol. The van der Waals surface area contributed by atoms with Gasteiger partial charge < -0.3 is 19.1 Å². The fourth-order valence-electron chi connectivity index (χ4n) is 2.78. The van der Waals surface area contributed by atoms with Crippen LogP contribution < -0.4 is 14.9 Å². The highest BCUT2D eigenvalue weighted by Crippen LogP contribution is 2.24. The van der Waals surface area contributed by atoms with E-state index in [1.54, 1.807) is 43.1 Å². The zero-order valence-electron chi connectivity index (χ0n) is 13.9. The van der Waals surface area contributed by atoms with Crippen LogP contribution in [-0.4, -0.2) is 29.9 Å². The Labute approximate surface area is 143 Å². The molecule has 1 aromatic heterocycles. The number of nitrogens with zero attached hydrogens (tertiary/aromatic N) is 1. The lowest BCUT2D eigenvalue weighted by Crippen LogP contribution is -2.19. The van der Waals surface area contributed by atoms with Gasteiger partial charge in [-0.25, -0.2) is 4.79 Å². The highest BCUT2D eigenvalue weighted by molar-refractivity contribution is 5.92. The van der Waals surface area contributed by atoms with Gasteiger partial charge in [0.1, 0.15) is 17.1 Å². The first-order chi connectivity index (χ1) is 12.0. The zero-order valence-corrected chi connectivity index (χ0v) is 13.9. The van der Waals surface area contributed by atoms with Gasteiger partial charge in [-0.2, -0.15) is 0 Å². The van der Waals surface area contributed by atoms with Crippen molar-refractivity contribution in [3.8, 4) is 11.5 Å². The van der Waals surface area contributed by atoms with E-state index in [1.807, 2.05) is 18.2 Å². The Hall–Kier alpha value is -3.28. The van der Waals surface area contributed by atoms with Gasteiger partial charge in [0, 0.05) is 24.2 Å². The Morgan fingerprint density at radius 3 is 2.32 bits per heavy atom. The van der Waals surface area contributed by atoms with E-state index in [-0.39, 0.29) is 5.56 Å². The normalized spacial score (nSPS) is 10.6. The molecule has 3 aromatic rings. The molecule has 3 rings (SSSR count). The van der Waals surface area contributed by atoms with Crippen LogP contribution in [0.1, 0.15) is 15.9 Å². The summed E-state index contributed by atoms with van der Waals surface area (Å²) >= 11 is 0. The van der Waals surface area contributed by atoms with Gasteiger partial charge in [-0.1, -0.05) is 12.1 Å². The molecule has 0 amide bonds. The van der Waals surface area contributed by atoms with Crippen molar-refractivity contribution in [1.29, 1.82) is 0 Å². The van der Waals surface area contributed by atoms with Gasteiger partial charge in [-0.05, 0) is 29.8 Å². The second-order valence-electron chi connectivity index (χ2n) is 5.54. The number of rotatable bonds is 5. The van der Waals surface area contributed by atoms with Crippen LogP contribution in [0, 0.1) is 0 Å². The van der Waals surface area contributed by atoms with Crippen molar-refractivity contribution >= 4 is 16.9 Å². The van der Waals surface area contributed by atoms with Gasteiger partial charge in [0.25, 0.3) is 0 Å². The molecule has 0 aliphatic carbocycles. The Bertz CT molecular complexity index is 984. The Kier molecular flexibility index (Phi) is 4.43. The number of pyridine rings is 1. The fourth-order valence-corrected chi connectivity index (χ4v) is 2.78. The first kappa shape index (κ1) is 16.6. The van der Waals surface area contributed by atoms with E-state index < -0.39 is 11.4 Å². The Morgan fingerprint density at radius 2 is 1.72 bits per heavy atom. The predicted octanol–water partition coefficient (Wildman–Crippen LogP) is 2.77. The minimum Gasteiger partial charge on any atom is -0.497 e. The largest absolute Gasteiger partial charge is 0.497 e. The Balaban J connectivity index is 2.18. The van der Waals surface area contributed by atoms with Crippen molar-refractivity contribution in [3.63, 3.8) is 0 Å². The molecular formula is C19H17NO5. The summed E-state index contributed by atoms with van der Waals surface area (Å²) in [6.45, 7) is 0.370. The molecule has 0 atom stereocenters. The highest BCUT2D eigenvalue weighted by Gasteiger charge is 2.14. The first-order valence-electron chi connectivity index (χ1n) is 7.61. The zero-order chi connectivity index (χ0) is 18.0. The quantitative estimate of drug-likeness (QED) is 0.773. The molecule has 128 valence electrons. The molecule has 0 spiro atoms. The minimum atomic E-state index is -1.24. The van der Waals surface area contributed by atoms with E-state index in [1.165, 1.54) is 6.20 Å². The van der Waals surface area contributed by atoms with Crippen molar-refractivity contribution in [2.45, 2.75) is 6.54 Å². The molecule has 0 aliphatic heterocycles. The molecule has 0 radical (unpaired) electrons. The monoisotopic (exact) mass is 339 g/mol. The number of aromatic nitrogens is 1. The van der Waals surface area contributed by atoms with Crippen LogP contribution in [0.15, 0.2) is 53.5 Å². The molecule has 1 N–H and O–H groups in total. The van der Waals surface area contributed by atoms with Gasteiger partial charge in [-0.3, -0.25) is 4.79 Å². The maximum Gasteiger partial charge on any atom is 0.341 e. The second kappa shape index (κ2) is 6.68. The van der Waals surface area contributed by atoms with Crippen LogP contribution in [-0.2, 0) is 6.54 Å². The van der Waals surface area contributed by atoms with Crippen LogP contribution in [0.4, 0.5) is 0 Å². The molecule has 0 fully saturated rings. The van der Waals surface area contributed by atoms with Crippen LogP contribution in [0.3, 0.4) is 0 Å². The summed E-state index contributed by atoms with van der Waals surface area (Å²) in [6, 6.07) is 12.4. The molecule has 0 aliphatic rings. The maximum atomic E-state index is 12.3. The summed E-state index contributed by atoms with van der Waals surface area (Å²) < 4.78 is 12.3. The molecule has 0 bridgehead atoms. The van der Waals surface area contributed by atoms with Crippen molar-refractivity contribution in [2.24, 2.45) is 0 Å². The van der Waals surface area contributed by atoms with E-state index in [2.05, 4.69) is 0 Å². The van der Waals surface area contributed by atoms with Crippen LogP contribution in [0.25, 0.3) is 10.9 Å². The minimum absolute atomic E-state index is 0.256. The van der Waals surface area contributed by atoms with Crippen molar-refractivity contribution in [3.05, 3.63) is 70.0 Å². The fraction of sp³-hybridized carbons (Fsp3) is 0.158. The third kappa shape index (κ3) is 3.19. The third-order valence-electron chi connectivity index (χ3n) is 3.98. The van der Waals surface area contributed by atoms with E-state index in [9.17, 15) is 14.7 Å². The molecular weight excluding hydrogens is 322 g/mol.